The van der Waals surface area contributed by atoms with E-state index in [4.69, 9.17) is 19.9 Å². The maximum Gasteiger partial charge on any atom is 0.224 e. The molecule has 10 nitrogen and oxygen atoms in total. The van der Waals surface area contributed by atoms with E-state index in [2.05, 4.69) is 15.0 Å². The highest BCUT2D eigenvalue weighted by Gasteiger charge is 2.55. The molecule has 0 amide bonds. The number of fused-ring (bicyclic) bond motifs is 1. The summed E-state index contributed by atoms with van der Waals surface area (Å²) in [5.74, 6) is 1.16. The van der Waals surface area contributed by atoms with Crippen molar-refractivity contribution in [2.75, 3.05) is 38.1 Å². The fourth-order valence-corrected chi connectivity index (χ4v) is 3.54. The van der Waals surface area contributed by atoms with Crippen molar-refractivity contribution in [1.82, 2.24) is 19.5 Å². The first-order valence-electron chi connectivity index (χ1n) is 9.74. The third-order valence-electron chi connectivity index (χ3n) is 5.15. The predicted octanol–water partition coefficient (Wildman–Crippen LogP) is 1.51. The average Bonchev–Trinajstić information content (AvgIpc) is 3.24. The van der Waals surface area contributed by atoms with Crippen LogP contribution in [-0.4, -0.2) is 70.0 Å². The second-order valence-electron chi connectivity index (χ2n) is 7.69. The van der Waals surface area contributed by atoms with Crippen molar-refractivity contribution in [2.45, 2.75) is 31.0 Å². The van der Waals surface area contributed by atoms with Crippen molar-refractivity contribution in [3.8, 4) is 5.75 Å². The third kappa shape index (κ3) is 3.99. The summed E-state index contributed by atoms with van der Waals surface area (Å²) in [7, 11) is 3.58. The van der Waals surface area contributed by atoms with Crippen molar-refractivity contribution < 1.29 is 23.7 Å². The number of hydrogen-bond donors (Lipinski definition) is 2. The van der Waals surface area contributed by atoms with E-state index in [0.29, 0.717) is 22.7 Å². The number of nitrogen functional groups attached to an aromatic ring is 1. The summed E-state index contributed by atoms with van der Waals surface area (Å²) in [5.41, 5.74) is 4.47. The molecule has 0 spiro atoms. The number of rotatable bonds is 7. The highest BCUT2D eigenvalue weighted by Crippen LogP contribution is 2.42. The van der Waals surface area contributed by atoms with Crippen LogP contribution in [0.3, 0.4) is 0 Å². The number of alkyl halides is 1. The number of aromatic nitrogens is 4. The van der Waals surface area contributed by atoms with E-state index in [1.54, 1.807) is 31.1 Å². The van der Waals surface area contributed by atoms with Crippen LogP contribution < -0.4 is 15.4 Å². The van der Waals surface area contributed by atoms with Crippen LogP contribution in [0.25, 0.3) is 11.2 Å². The molecule has 1 saturated heterocycles. The van der Waals surface area contributed by atoms with E-state index in [1.165, 1.54) is 17.8 Å². The number of hydrogen-bond acceptors (Lipinski definition) is 9. The number of imidazole rings is 1. The Morgan fingerprint density at radius 1 is 1.29 bits per heavy atom. The van der Waals surface area contributed by atoms with Gasteiger partial charge in [-0.15, -0.1) is 0 Å². The van der Waals surface area contributed by atoms with Crippen molar-refractivity contribution in [1.29, 1.82) is 0 Å². The van der Waals surface area contributed by atoms with Gasteiger partial charge < -0.3 is 30.0 Å². The summed E-state index contributed by atoms with van der Waals surface area (Å²) >= 11 is 0. The van der Waals surface area contributed by atoms with Gasteiger partial charge in [0.2, 0.25) is 5.95 Å². The lowest BCUT2D eigenvalue weighted by Gasteiger charge is -2.24. The van der Waals surface area contributed by atoms with Gasteiger partial charge in [0, 0.05) is 14.1 Å². The monoisotopic (exact) mass is 432 g/mol. The lowest BCUT2D eigenvalue weighted by atomic mass is 9.98. The SMILES string of the molecule is CN(C)c1nc(N)nc2c1ncn2[C@@H]1OC(COCOc2ccccc2)[C@@H](O)[C@@]1(C)F. The van der Waals surface area contributed by atoms with Gasteiger partial charge in [0.15, 0.2) is 35.7 Å². The molecule has 1 aliphatic rings. The molecule has 0 aliphatic carbocycles. The first-order valence-corrected chi connectivity index (χ1v) is 9.74. The highest BCUT2D eigenvalue weighted by molar-refractivity contribution is 5.84. The van der Waals surface area contributed by atoms with E-state index in [0.717, 1.165) is 0 Å². The number of ether oxygens (including phenoxy) is 3. The molecule has 3 heterocycles. The minimum absolute atomic E-state index is 0.0231. The van der Waals surface area contributed by atoms with Crippen LogP contribution in [0.15, 0.2) is 36.7 Å². The molecule has 1 aliphatic heterocycles. The van der Waals surface area contributed by atoms with Gasteiger partial charge in [0.1, 0.15) is 18.0 Å². The second kappa shape index (κ2) is 8.25. The highest BCUT2D eigenvalue weighted by atomic mass is 19.1. The maximum atomic E-state index is 15.5. The van der Waals surface area contributed by atoms with Crippen LogP contribution in [0.1, 0.15) is 13.2 Å². The predicted molar refractivity (Wildman–Crippen MR) is 111 cm³/mol. The Balaban J connectivity index is 1.50. The van der Waals surface area contributed by atoms with Crippen LogP contribution in [0.2, 0.25) is 0 Å². The smallest absolute Gasteiger partial charge is 0.224 e. The van der Waals surface area contributed by atoms with Crippen molar-refractivity contribution in [2.24, 2.45) is 0 Å². The van der Waals surface area contributed by atoms with Gasteiger partial charge in [-0.1, -0.05) is 18.2 Å². The summed E-state index contributed by atoms with van der Waals surface area (Å²) in [6.07, 6.45) is -2.12. The van der Waals surface area contributed by atoms with E-state index >= 15 is 4.39 Å². The average molecular weight is 432 g/mol. The first kappa shape index (κ1) is 21.2. The number of nitrogens with zero attached hydrogens (tertiary/aromatic N) is 5. The number of aliphatic hydroxyl groups is 1. The Kier molecular flexibility index (Phi) is 5.65. The minimum Gasteiger partial charge on any atom is -0.468 e. The fraction of sp³-hybridized carbons (Fsp3) is 0.450. The Morgan fingerprint density at radius 3 is 2.74 bits per heavy atom. The summed E-state index contributed by atoms with van der Waals surface area (Å²) < 4.78 is 33.7. The van der Waals surface area contributed by atoms with Gasteiger partial charge in [-0.2, -0.15) is 9.97 Å². The Bertz CT molecular complexity index is 1040. The minimum atomic E-state index is -2.13. The number of anilines is 2. The zero-order valence-corrected chi connectivity index (χ0v) is 17.5. The molecule has 0 radical (unpaired) electrons. The molecule has 1 aromatic carbocycles. The quantitative estimate of drug-likeness (QED) is 0.423. The molecule has 3 aromatic rings. The molecule has 1 fully saturated rings. The van der Waals surface area contributed by atoms with E-state index < -0.39 is 24.1 Å². The standard InChI is InChI=1S/C20H25FN6O4/c1-20(21)15(28)13(9-29-11-30-12-7-5-4-6-8-12)31-18(20)27-10-23-14-16(26(2)3)24-19(22)25-17(14)27/h4-8,10,13,15,18,28H,9,11H2,1-3H3,(H2,22,24,25)/t13?,15-,18-,20-/m1/s1. The second-order valence-corrected chi connectivity index (χ2v) is 7.69. The Morgan fingerprint density at radius 2 is 2.03 bits per heavy atom. The molecule has 11 heteroatoms. The van der Waals surface area contributed by atoms with Gasteiger partial charge in [0.25, 0.3) is 0 Å². The molecule has 4 rings (SSSR count). The molecular weight excluding hydrogens is 407 g/mol. The molecule has 31 heavy (non-hydrogen) atoms. The van der Waals surface area contributed by atoms with Gasteiger partial charge in [-0.05, 0) is 19.1 Å². The number of halogens is 1. The van der Waals surface area contributed by atoms with Crippen molar-refractivity contribution in [3.05, 3.63) is 36.7 Å². The zero-order chi connectivity index (χ0) is 22.2. The lowest BCUT2D eigenvalue weighted by molar-refractivity contribution is -0.0877. The first-order chi connectivity index (χ1) is 14.8. The van der Waals surface area contributed by atoms with Gasteiger partial charge in [0.05, 0.1) is 12.9 Å². The van der Waals surface area contributed by atoms with Crippen LogP contribution in [0.4, 0.5) is 16.2 Å². The van der Waals surface area contributed by atoms with Crippen LogP contribution in [0, 0.1) is 0 Å². The van der Waals surface area contributed by atoms with E-state index in [9.17, 15) is 5.11 Å². The lowest BCUT2D eigenvalue weighted by Crippen LogP contribution is -2.40. The molecule has 0 bridgehead atoms. The van der Waals surface area contributed by atoms with E-state index in [1.807, 2.05) is 18.2 Å². The van der Waals surface area contributed by atoms with Crippen molar-refractivity contribution >= 4 is 22.9 Å². The van der Waals surface area contributed by atoms with Gasteiger partial charge in [-0.3, -0.25) is 4.57 Å². The summed E-state index contributed by atoms with van der Waals surface area (Å²) in [6.45, 7) is 1.15. The van der Waals surface area contributed by atoms with Gasteiger partial charge >= 0.3 is 0 Å². The number of nitrogens with two attached hydrogens (primary N) is 1. The van der Waals surface area contributed by atoms with Gasteiger partial charge in [-0.25, -0.2) is 9.37 Å². The zero-order valence-electron chi connectivity index (χ0n) is 17.5. The Hall–Kier alpha value is -3.02. The third-order valence-corrected chi connectivity index (χ3v) is 5.15. The maximum absolute atomic E-state index is 15.5. The molecule has 166 valence electrons. The fourth-order valence-electron chi connectivity index (χ4n) is 3.54. The molecule has 4 atom stereocenters. The summed E-state index contributed by atoms with van der Waals surface area (Å²) in [5, 5.41) is 10.6. The number of benzene rings is 1. The topological polar surface area (TPSA) is 121 Å². The molecule has 1 unspecified atom stereocenters. The molecule has 3 N–H and O–H groups in total. The largest absolute Gasteiger partial charge is 0.468 e. The van der Waals surface area contributed by atoms with Crippen molar-refractivity contribution in [3.63, 3.8) is 0 Å². The molecule has 2 aromatic heterocycles. The number of aliphatic hydroxyl groups excluding tert-OH is 1. The number of para-hydroxylation sites is 1. The van der Waals surface area contributed by atoms with Crippen LogP contribution in [0.5, 0.6) is 5.75 Å². The molecular formula is C20H25FN6O4. The van der Waals surface area contributed by atoms with E-state index in [-0.39, 0.29) is 19.3 Å². The normalized spacial score (nSPS) is 25.8. The summed E-state index contributed by atoms with van der Waals surface area (Å²) in [4.78, 5) is 14.4. The summed E-state index contributed by atoms with van der Waals surface area (Å²) in [6, 6.07) is 9.13. The van der Waals surface area contributed by atoms with Crippen LogP contribution >= 0.6 is 0 Å². The van der Waals surface area contributed by atoms with Crippen LogP contribution in [-0.2, 0) is 9.47 Å². The molecule has 0 saturated carbocycles. The Labute approximate surface area is 178 Å².